The maximum Gasteiger partial charge on any atom is 0.244 e. The van der Waals surface area contributed by atoms with E-state index in [-0.39, 0.29) is 6.04 Å². The van der Waals surface area contributed by atoms with Crippen LogP contribution in [0.1, 0.15) is 30.6 Å². The van der Waals surface area contributed by atoms with E-state index in [2.05, 4.69) is 37.1 Å². The summed E-state index contributed by atoms with van der Waals surface area (Å²) in [5.41, 5.74) is 0.967. The molecule has 0 N–H and O–H groups in total. The standard InChI is InChI=1S/C18H22N6O2/c1-13(18-19-17(22-26-18)15-6-4-3-5-7-15)24-10-8-23(9-11-24)12-16-21-20-14(2)25-16/h3-7,13H,8-12H2,1-2H3. The summed E-state index contributed by atoms with van der Waals surface area (Å²) >= 11 is 0. The smallest absolute Gasteiger partial charge is 0.244 e. The van der Waals surface area contributed by atoms with Crippen molar-refractivity contribution in [2.24, 2.45) is 0 Å². The molecule has 0 bridgehead atoms. The molecule has 2 aromatic heterocycles. The van der Waals surface area contributed by atoms with E-state index in [9.17, 15) is 0 Å². The fourth-order valence-corrected chi connectivity index (χ4v) is 3.17. The van der Waals surface area contributed by atoms with Gasteiger partial charge in [0.15, 0.2) is 0 Å². The van der Waals surface area contributed by atoms with Crippen molar-refractivity contribution in [2.45, 2.75) is 26.4 Å². The van der Waals surface area contributed by atoms with Crippen LogP contribution in [0, 0.1) is 6.92 Å². The third-order valence-electron chi connectivity index (χ3n) is 4.71. The highest BCUT2D eigenvalue weighted by Crippen LogP contribution is 2.23. The highest BCUT2D eigenvalue weighted by atomic mass is 16.5. The van der Waals surface area contributed by atoms with Gasteiger partial charge in [0.2, 0.25) is 23.5 Å². The Bertz CT molecular complexity index is 838. The molecule has 0 saturated carbocycles. The molecule has 1 fully saturated rings. The van der Waals surface area contributed by atoms with Crippen LogP contribution in [0.25, 0.3) is 11.4 Å². The molecular weight excluding hydrogens is 332 g/mol. The highest BCUT2D eigenvalue weighted by Gasteiger charge is 2.26. The minimum Gasteiger partial charge on any atom is -0.424 e. The second-order valence-electron chi connectivity index (χ2n) is 6.53. The average molecular weight is 354 g/mol. The van der Waals surface area contributed by atoms with E-state index in [1.807, 2.05) is 37.3 Å². The first-order chi connectivity index (χ1) is 12.7. The quantitative estimate of drug-likeness (QED) is 0.690. The lowest BCUT2D eigenvalue weighted by molar-refractivity contribution is 0.0796. The van der Waals surface area contributed by atoms with Crippen LogP contribution in [0.4, 0.5) is 0 Å². The minimum atomic E-state index is 0.0905. The van der Waals surface area contributed by atoms with Gasteiger partial charge in [0.25, 0.3) is 0 Å². The van der Waals surface area contributed by atoms with Crippen molar-refractivity contribution in [1.29, 1.82) is 0 Å². The molecule has 1 aromatic carbocycles. The van der Waals surface area contributed by atoms with Gasteiger partial charge in [-0.15, -0.1) is 10.2 Å². The molecule has 8 nitrogen and oxygen atoms in total. The molecule has 1 unspecified atom stereocenters. The molecule has 0 aliphatic carbocycles. The Morgan fingerprint density at radius 1 is 1.08 bits per heavy atom. The highest BCUT2D eigenvalue weighted by molar-refractivity contribution is 5.53. The summed E-state index contributed by atoms with van der Waals surface area (Å²) < 4.78 is 11.0. The fraction of sp³-hybridized carbons (Fsp3) is 0.444. The van der Waals surface area contributed by atoms with Gasteiger partial charge in [-0.05, 0) is 6.92 Å². The van der Waals surface area contributed by atoms with Gasteiger partial charge in [0.05, 0.1) is 12.6 Å². The maximum absolute atomic E-state index is 5.51. The van der Waals surface area contributed by atoms with E-state index >= 15 is 0 Å². The van der Waals surface area contributed by atoms with Crippen LogP contribution in [0.15, 0.2) is 39.3 Å². The Kier molecular flexibility index (Phi) is 4.77. The summed E-state index contributed by atoms with van der Waals surface area (Å²) in [5, 5.41) is 12.1. The molecule has 8 heteroatoms. The molecule has 0 radical (unpaired) electrons. The van der Waals surface area contributed by atoms with Crippen molar-refractivity contribution in [3.63, 3.8) is 0 Å². The Balaban J connectivity index is 1.35. The van der Waals surface area contributed by atoms with E-state index in [4.69, 9.17) is 8.94 Å². The van der Waals surface area contributed by atoms with Crippen molar-refractivity contribution in [3.05, 3.63) is 48.0 Å². The Morgan fingerprint density at radius 3 is 2.54 bits per heavy atom. The summed E-state index contributed by atoms with van der Waals surface area (Å²) in [5.74, 6) is 2.58. The van der Waals surface area contributed by atoms with Gasteiger partial charge in [-0.1, -0.05) is 35.5 Å². The number of aryl methyl sites for hydroxylation is 1. The number of nitrogens with zero attached hydrogens (tertiary/aromatic N) is 6. The molecule has 1 atom stereocenters. The molecule has 0 amide bonds. The van der Waals surface area contributed by atoms with Crippen LogP contribution in [0.3, 0.4) is 0 Å². The molecule has 3 aromatic rings. The van der Waals surface area contributed by atoms with Crippen molar-refractivity contribution in [2.75, 3.05) is 26.2 Å². The fourth-order valence-electron chi connectivity index (χ4n) is 3.17. The van der Waals surface area contributed by atoms with Crippen molar-refractivity contribution in [1.82, 2.24) is 30.1 Å². The Labute approximate surface area is 151 Å². The number of piperazine rings is 1. The number of hydrogen-bond acceptors (Lipinski definition) is 8. The van der Waals surface area contributed by atoms with Crippen LogP contribution in [-0.2, 0) is 6.54 Å². The summed E-state index contributed by atoms with van der Waals surface area (Å²) in [6, 6.07) is 9.97. The largest absolute Gasteiger partial charge is 0.424 e. The lowest BCUT2D eigenvalue weighted by Crippen LogP contribution is -2.46. The van der Waals surface area contributed by atoms with Gasteiger partial charge >= 0.3 is 0 Å². The summed E-state index contributed by atoms with van der Waals surface area (Å²) in [4.78, 5) is 9.26. The SMILES string of the molecule is Cc1nnc(CN2CCN(C(C)c3nc(-c4ccccc4)no3)CC2)o1. The normalized spacial score (nSPS) is 17.5. The number of hydrogen-bond donors (Lipinski definition) is 0. The Hall–Kier alpha value is -2.58. The lowest BCUT2D eigenvalue weighted by atomic mass is 10.2. The van der Waals surface area contributed by atoms with Crippen LogP contribution >= 0.6 is 0 Å². The topological polar surface area (TPSA) is 84.3 Å². The molecule has 4 rings (SSSR count). The van der Waals surface area contributed by atoms with Crippen molar-refractivity contribution in [3.8, 4) is 11.4 Å². The minimum absolute atomic E-state index is 0.0905. The monoisotopic (exact) mass is 354 g/mol. The zero-order valence-electron chi connectivity index (χ0n) is 15.0. The van der Waals surface area contributed by atoms with E-state index in [1.54, 1.807) is 0 Å². The molecule has 26 heavy (non-hydrogen) atoms. The molecule has 3 heterocycles. The summed E-state index contributed by atoms with van der Waals surface area (Å²) in [7, 11) is 0. The van der Waals surface area contributed by atoms with Gasteiger partial charge in [-0.3, -0.25) is 9.80 Å². The number of rotatable bonds is 5. The van der Waals surface area contributed by atoms with E-state index in [0.717, 1.165) is 31.7 Å². The predicted molar refractivity (Wildman–Crippen MR) is 94.0 cm³/mol. The van der Waals surface area contributed by atoms with Crippen LogP contribution in [-0.4, -0.2) is 56.3 Å². The first-order valence-corrected chi connectivity index (χ1v) is 8.83. The van der Waals surface area contributed by atoms with Gasteiger partial charge < -0.3 is 8.94 Å². The lowest BCUT2D eigenvalue weighted by Gasteiger charge is -2.36. The van der Waals surface area contributed by atoms with Crippen LogP contribution in [0.5, 0.6) is 0 Å². The predicted octanol–water partition coefficient (Wildman–Crippen LogP) is 2.31. The van der Waals surface area contributed by atoms with E-state index in [0.29, 0.717) is 30.0 Å². The van der Waals surface area contributed by atoms with Crippen molar-refractivity contribution >= 4 is 0 Å². The number of benzene rings is 1. The van der Waals surface area contributed by atoms with E-state index in [1.165, 1.54) is 0 Å². The summed E-state index contributed by atoms with van der Waals surface area (Å²) in [6.45, 7) is 8.34. The van der Waals surface area contributed by atoms with Gasteiger partial charge in [-0.2, -0.15) is 4.98 Å². The molecule has 1 saturated heterocycles. The molecule has 1 aliphatic rings. The van der Waals surface area contributed by atoms with Crippen LogP contribution in [0.2, 0.25) is 0 Å². The first kappa shape index (κ1) is 16.9. The molecular formula is C18H22N6O2. The average Bonchev–Trinajstić information content (AvgIpc) is 3.32. The van der Waals surface area contributed by atoms with Crippen molar-refractivity contribution < 1.29 is 8.94 Å². The zero-order valence-corrected chi connectivity index (χ0v) is 15.0. The number of aromatic nitrogens is 4. The van der Waals surface area contributed by atoms with E-state index < -0.39 is 0 Å². The second kappa shape index (κ2) is 7.35. The molecule has 136 valence electrons. The third-order valence-corrected chi connectivity index (χ3v) is 4.71. The second-order valence-corrected chi connectivity index (χ2v) is 6.53. The first-order valence-electron chi connectivity index (χ1n) is 8.83. The molecule has 1 aliphatic heterocycles. The van der Waals surface area contributed by atoms with Crippen LogP contribution < -0.4 is 0 Å². The third kappa shape index (κ3) is 3.66. The van der Waals surface area contributed by atoms with Gasteiger partial charge in [-0.25, -0.2) is 0 Å². The van der Waals surface area contributed by atoms with Gasteiger partial charge in [0, 0.05) is 38.7 Å². The van der Waals surface area contributed by atoms with Gasteiger partial charge in [0.1, 0.15) is 0 Å². The molecule has 0 spiro atoms. The zero-order chi connectivity index (χ0) is 17.9. The maximum atomic E-state index is 5.51. The summed E-state index contributed by atoms with van der Waals surface area (Å²) in [6.07, 6.45) is 0. The Morgan fingerprint density at radius 2 is 1.85 bits per heavy atom.